The lowest BCUT2D eigenvalue weighted by molar-refractivity contribution is -0.389. The van der Waals surface area contributed by atoms with Gasteiger partial charge in [-0.2, -0.15) is 0 Å². The molecule has 0 saturated heterocycles. The molecule has 0 bridgehead atoms. The van der Waals surface area contributed by atoms with E-state index in [4.69, 9.17) is 9.47 Å². The highest BCUT2D eigenvalue weighted by Gasteiger charge is 2.40. The lowest BCUT2D eigenvalue weighted by Crippen LogP contribution is -2.50. The van der Waals surface area contributed by atoms with Crippen LogP contribution in [0.25, 0.3) is 0 Å². The van der Waals surface area contributed by atoms with E-state index >= 15 is 0 Å². The van der Waals surface area contributed by atoms with E-state index < -0.39 is 28.7 Å². The molecule has 2 rings (SSSR count). The maximum absolute atomic E-state index is 12.2. The van der Waals surface area contributed by atoms with Crippen LogP contribution in [0.1, 0.15) is 26.7 Å². The second kappa shape index (κ2) is 7.03. The fourth-order valence-electron chi connectivity index (χ4n) is 2.21. The molecule has 1 atom stereocenters. The molecule has 1 amide bonds. The van der Waals surface area contributed by atoms with E-state index in [1.54, 1.807) is 6.92 Å². The van der Waals surface area contributed by atoms with Crippen molar-refractivity contribution >= 4 is 23.5 Å². The molecule has 0 radical (unpaired) electrons. The molecule has 1 aliphatic rings. The molecule has 0 spiro atoms. The minimum Gasteiger partial charge on any atom is -0.477 e. The van der Waals surface area contributed by atoms with Crippen molar-refractivity contribution in [2.45, 2.75) is 32.7 Å². The number of carbonyl (C=O) groups excluding carboxylic acids is 2. The van der Waals surface area contributed by atoms with Gasteiger partial charge in [0.05, 0.1) is 6.61 Å². The topological polar surface area (TPSA) is 112 Å². The fraction of sp³-hybridized carbons (Fsp3) is 0.500. The van der Waals surface area contributed by atoms with Crippen molar-refractivity contribution < 1.29 is 24.0 Å². The predicted octanol–water partition coefficient (Wildman–Crippen LogP) is 1.45. The van der Waals surface area contributed by atoms with Gasteiger partial charge in [0.1, 0.15) is 6.04 Å². The number of fused-ring (bicyclic) bond motifs is 1. The van der Waals surface area contributed by atoms with Crippen LogP contribution >= 0.6 is 0 Å². The summed E-state index contributed by atoms with van der Waals surface area (Å²) >= 11 is 0. The Labute approximate surface area is 132 Å². The van der Waals surface area contributed by atoms with Crippen LogP contribution in [-0.4, -0.2) is 41.0 Å². The number of aromatic nitrogens is 1. The lowest BCUT2D eigenvalue weighted by atomic mass is 10.1. The van der Waals surface area contributed by atoms with E-state index in [0.29, 0.717) is 6.42 Å². The highest BCUT2D eigenvalue weighted by molar-refractivity contribution is 6.02. The zero-order chi connectivity index (χ0) is 17.0. The Morgan fingerprint density at radius 1 is 1.52 bits per heavy atom. The van der Waals surface area contributed by atoms with Crippen molar-refractivity contribution in [3.8, 4) is 5.75 Å². The molecule has 2 heterocycles. The Kier molecular flexibility index (Phi) is 5.09. The number of rotatable bonds is 6. The molecule has 1 aromatic rings. The Balaban J connectivity index is 2.41. The summed E-state index contributed by atoms with van der Waals surface area (Å²) in [5.74, 6) is -1.30. The third-order valence-corrected chi connectivity index (χ3v) is 3.28. The maximum Gasteiger partial charge on any atom is 0.366 e. The largest absolute Gasteiger partial charge is 0.477 e. The average molecular weight is 323 g/mol. The molecule has 9 nitrogen and oxygen atoms in total. The van der Waals surface area contributed by atoms with Crippen LogP contribution in [0.15, 0.2) is 12.1 Å². The normalized spacial score (nSPS) is 14.7. The number of pyridine rings is 1. The number of carbonyl (C=O) groups is 2. The van der Waals surface area contributed by atoms with Gasteiger partial charge in [-0.25, -0.2) is 4.79 Å². The number of anilines is 1. The molecule has 0 N–H and O–H groups in total. The monoisotopic (exact) mass is 323 g/mol. The van der Waals surface area contributed by atoms with Crippen molar-refractivity contribution in [3.63, 3.8) is 0 Å². The summed E-state index contributed by atoms with van der Waals surface area (Å²) in [6, 6.07) is 1.65. The molecule has 23 heavy (non-hydrogen) atoms. The van der Waals surface area contributed by atoms with Crippen LogP contribution in [0.5, 0.6) is 5.75 Å². The molecule has 0 aliphatic carbocycles. The van der Waals surface area contributed by atoms with Crippen molar-refractivity contribution in [1.82, 2.24) is 4.98 Å². The van der Waals surface area contributed by atoms with Gasteiger partial charge in [0, 0.05) is 6.07 Å². The predicted molar refractivity (Wildman–Crippen MR) is 79.2 cm³/mol. The van der Waals surface area contributed by atoms with Crippen LogP contribution < -0.4 is 9.64 Å². The third kappa shape index (κ3) is 3.38. The second-order valence-electron chi connectivity index (χ2n) is 4.89. The summed E-state index contributed by atoms with van der Waals surface area (Å²) in [5.41, 5.74) is 0. The minimum atomic E-state index is -0.897. The van der Waals surface area contributed by atoms with Crippen LogP contribution in [0.4, 0.5) is 11.6 Å². The minimum absolute atomic E-state index is 0.0317. The summed E-state index contributed by atoms with van der Waals surface area (Å²) in [6.07, 6.45) is 0.942. The number of hydrogen-bond acceptors (Lipinski definition) is 7. The number of nitro groups is 1. The van der Waals surface area contributed by atoms with Gasteiger partial charge < -0.3 is 19.6 Å². The first kappa shape index (κ1) is 16.7. The Morgan fingerprint density at radius 3 is 2.87 bits per heavy atom. The van der Waals surface area contributed by atoms with E-state index in [1.807, 2.05) is 6.92 Å². The van der Waals surface area contributed by atoms with Crippen molar-refractivity contribution in [3.05, 3.63) is 22.2 Å². The second-order valence-corrected chi connectivity index (χ2v) is 4.89. The van der Waals surface area contributed by atoms with E-state index in [0.717, 1.165) is 4.90 Å². The van der Waals surface area contributed by atoms with Gasteiger partial charge in [-0.3, -0.25) is 9.69 Å². The molecule has 1 aromatic heterocycles. The van der Waals surface area contributed by atoms with Crippen LogP contribution in [0.3, 0.4) is 0 Å². The van der Waals surface area contributed by atoms with Crippen molar-refractivity contribution in [1.29, 1.82) is 0 Å². The molecular formula is C14H17N3O6. The molecule has 124 valence electrons. The Hall–Kier alpha value is -2.71. The Morgan fingerprint density at radius 2 is 2.26 bits per heavy atom. The summed E-state index contributed by atoms with van der Waals surface area (Å²) in [6.45, 7) is 3.55. The van der Waals surface area contributed by atoms with E-state index in [1.165, 1.54) is 12.1 Å². The molecular weight excluding hydrogens is 306 g/mol. The molecule has 1 unspecified atom stereocenters. The summed E-state index contributed by atoms with van der Waals surface area (Å²) < 4.78 is 10.3. The maximum atomic E-state index is 12.2. The first-order valence-electron chi connectivity index (χ1n) is 7.26. The lowest BCUT2D eigenvalue weighted by Gasteiger charge is -2.30. The number of nitrogens with zero attached hydrogens (tertiary/aromatic N) is 3. The highest BCUT2D eigenvalue weighted by atomic mass is 16.6. The van der Waals surface area contributed by atoms with E-state index in [-0.39, 0.29) is 31.2 Å². The van der Waals surface area contributed by atoms with Crippen molar-refractivity contribution in [2.75, 3.05) is 18.1 Å². The van der Waals surface area contributed by atoms with Gasteiger partial charge in [0.25, 0.3) is 11.7 Å². The molecule has 0 saturated carbocycles. The zero-order valence-corrected chi connectivity index (χ0v) is 12.9. The molecule has 1 aliphatic heterocycles. The van der Waals surface area contributed by atoms with Crippen LogP contribution in [0, 0.1) is 10.1 Å². The first-order chi connectivity index (χ1) is 11.0. The summed E-state index contributed by atoms with van der Waals surface area (Å²) in [4.78, 5) is 39.6. The van der Waals surface area contributed by atoms with E-state index in [2.05, 4.69) is 4.98 Å². The quantitative estimate of drug-likeness (QED) is 0.442. The van der Waals surface area contributed by atoms with Crippen LogP contribution in [-0.2, 0) is 14.3 Å². The number of ether oxygens (including phenoxy) is 2. The summed E-state index contributed by atoms with van der Waals surface area (Å²) in [5, 5.41) is 10.9. The van der Waals surface area contributed by atoms with Crippen molar-refractivity contribution in [2.24, 2.45) is 0 Å². The van der Waals surface area contributed by atoms with Gasteiger partial charge in [0.2, 0.25) is 0 Å². The van der Waals surface area contributed by atoms with E-state index in [9.17, 15) is 19.7 Å². The summed E-state index contributed by atoms with van der Waals surface area (Å²) in [7, 11) is 0. The van der Waals surface area contributed by atoms with Gasteiger partial charge in [-0.1, -0.05) is 13.8 Å². The Bertz CT molecular complexity index is 633. The van der Waals surface area contributed by atoms with Gasteiger partial charge in [0.15, 0.2) is 12.4 Å². The molecule has 0 fully saturated rings. The molecule has 0 aromatic carbocycles. The van der Waals surface area contributed by atoms with Gasteiger partial charge >= 0.3 is 11.8 Å². The van der Waals surface area contributed by atoms with Crippen LogP contribution in [0.2, 0.25) is 0 Å². The van der Waals surface area contributed by atoms with Gasteiger partial charge in [-0.15, -0.1) is 0 Å². The number of esters is 1. The number of amides is 1. The standard InChI is InChI=1S/C14H17N3O6/c1-3-7-22-14(19)9(4-2)16-12(18)8-23-10-5-6-11(17(20)21)15-13(10)16/h5-6,9H,3-4,7-8H2,1-2H3. The fourth-order valence-corrected chi connectivity index (χ4v) is 2.21. The average Bonchev–Trinajstić information content (AvgIpc) is 2.54. The van der Waals surface area contributed by atoms with Gasteiger partial charge in [-0.05, 0) is 28.8 Å². The smallest absolute Gasteiger partial charge is 0.366 e. The molecule has 9 heteroatoms. The highest BCUT2D eigenvalue weighted by Crippen LogP contribution is 2.34. The number of hydrogen-bond donors (Lipinski definition) is 0. The third-order valence-electron chi connectivity index (χ3n) is 3.28. The first-order valence-corrected chi connectivity index (χ1v) is 7.26. The zero-order valence-electron chi connectivity index (χ0n) is 12.9. The SMILES string of the molecule is CCCOC(=O)C(CC)N1C(=O)COc2ccc([N+](=O)[O-])nc21.